The van der Waals surface area contributed by atoms with Crippen LogP contribution in [0.25, 0.3) is 0 Å². The third-order valence-electron chi connectivity index (χ3n) is 1.77. The van der Waals surface area contributed by atoms with E-state index in [0.29, 0.717) is 6.42 Å². The van der Waals surface area contributed by atoms with E-state index in [4.69, 9.17) is 11.5 Å². The van der Waals surface area contributed by atoms with Crippen molar-refractivity contribution in [2.75, 3.05) is 6.54 Å². The van der Waals surface area contributed by atoms with Crippen molar-refractivity contribution in [2.45, 2.75) is 12.5 Å². The van der Waals surface area contributed by atoms with E-state index in [-0.39, 0.29) is 6.54 Å². The predicted molar refractivity (Wildman–Crippen MR) is 52.5 cm³/mol. The van der Waals surface area contributed by atoms with Gasteiger partial charge in [0.1, 0.15) is 0 Å². The minimum Gasteiger partial charge on any atom is -0.368 e. The molecule has 7 nitrogen and oxygen atoms in total. The summed E-state index contributed by atoms with van der Waals surface area (Å²) in [6.07, 6.45) is 3.43. The normalized spacial score (nSPS) is 12.1. The maximum absolute atomic E-state index is 11.3. The Kier molecular flexibility index (Phi) is 3.81. The Morgan fingerprint density at radius 2 is 2.33 bits per heavy atom. The Bertz CT molecular complexity index is 335. The highest BCUT2D eigenvalue weighted by Gasteiger charge is 2.14. The van der Waals surface area contributed by atoms with Crippen LogP contribution in [0.1, 0.15) is 5.69 Å². The molecule has 1 aromatic rings. The molecule has 0 bridgehead atoms. The maximum atomic E-state index is 11.3. The number of nitrogens with one attached hydrogen (secondary N) is 2. The highest BCUT2D eigenvalue weighted by atomic mass is 16.2. The summed E-state index contributed by atoms with van der Waals surface area (Å²) in [5.41, 5.74) is 11.2. The van der Waals surface area contributed by atoms with E-state index in [2.05, 4.69) is 15.3 Å². The molecular formula is C8H13N5O2. The second kappa shape index (κ2) is 5.11. The molecule has 1 rings (SSSR count). The van der Waals surface area contributed by atoms with Crippen LogP contribution in [0.15, 0.2) is 12.5 Å². The van der Waals surface area contributed by atoms with Crippen LogP contribution in [0.3, 0.4) is 0 Å². The summed E-state index contributed by atoms with van der Waals surface area (Å²) in [6, 6.07) is -0.718. The number of carbonyl (C=O) groups excluding carboxylic acids is 2. The Hall–Kier alpha value is -1.89. The Labute approximate surface area is 86.2 Å². The van der Waals surface area contributed by atoms with Crippen LogP contribution in [-0.2, 0) is 16.0 Å². The molecule has 1 atom stereocenters. The monoisotopic (exact) mass is 211 g/mol. The number of nitrogens with two attached hydrogens (primary N) is 2. The molecule has 2 amide bonds. The maximum Gasteiger partial charge on any atom is 0.237 e. The van der Waals surface area contributed by atoms with Gasteiger partial charge in [-0.3, -0.25) is 9.59 Å². The summed E-state index contributed by atoms with van der Waals surface area (Å²) in [5, 5.41) is 2.32. The van der Waals surface area contributed by atoms with Gasteiger partial charge in [0, 0.05) is 18.3 Å². The molecule has 0 saturated heterocycles. The van der Waals surface area contributed by atoms with Crippen LogP contribution in [0, 0.1) is 0 Å². The van der Waals surface area contributed by atoms with Crippen molar-refractivity contribution in [2.24, 2.45) is 11.5 Å². The number of amides is 2. The predicted octanol–water partition coefficient (Wildman–Crippen LogP) is -2.12. The minimum atomic E-state index is -0.718. The third-order valence-corrected chi connectivity index (χ3v) is 1.77. The number of hydrogen-bond donors (Lipinski definition) is 4. The average Bonchev–Trinajstić information content (AvgIpc) is 2.66. The first kappa shape index (κ1) is 11.2. The fraction of sp³-hybridized carbons (Fsp3) is 0.375. The molecule has 15 heavy (non-hydrogen) atoms. The molecule has 0 aliphatic rings. The number of imidazole rings is 1. The van der Waals surface area contributed by atoms with Crippen LogP contribution < -0.4 is 16.8 Å². The molecule has 6 N–H and O–H groups in total. The Morgan fingerprint density at radius 1 is 1.60 bits per heavy atom. The summed E-state index contributed by atoms with van der Waals surface area (Å²) >= 11 is 0. The second-order valence-electron chi connectivity index (χ2n) is 3.07. The lowest BCUT2D eigenvalue weighted by Gasteiger charge is -2.09. The van der Waals surface area contributed by atoms with Crippen molar-refractivity contribution in [1.29, 1.82) is 0 Å². The topological polar surface area (TPSA) is 127 Å². The number of rotatable bonds is 5. The van der Waals surface area contributed by atoms with Gasteiger partial charge in [-0.15, -0.1) is 0 Å². The summed E-state index contributed by atoms with van der Waals surface area (Å²) in [4.78, 5) is 28.3. The van der Waals surface area contributed by atoms with Crippen molar-refractivity contribution in [3.8, 4) is 0 Å². The molecular weight excluding hydrogens is 198 g/mol. The average molecular weight is 211 g/mol. The largest absolute Gasteiger partial charge is 0.368 e. The lowest BCUT2D eigenvalue weighted by Crippen LogP contribution is -2.44. The third kappa shape index (κ3) is 3.77. The smallest absolute Gasteiger partial charge is 0.237 e. The molecule has 0 aliphatic heterocycles. The Morgan fingerprint density at radius 3 is 2.87 bits per heavy atom. The molecule has 7 heteroatoms. The molecule has 0 spiro atoms. The Balaban J connectivity index is 2.36. The van der Waals surface area contributed by atoms with Gasteiger partial charge in [-0.25, -0.2) is 4.98 Å². The zero-order valence-electron chi connectivity index (χ0n) is 8.06. The number of primary amides is 1. The lowest BCUT2D eigenvalue weighted by atomic mass is 10.1. The van der Waals surface area contributed by atoms with Crippen LogP contribution >= 0.6 is 0 Å². The first-order valence-electron chi connectivity index (χ1n) is 4.38. The first-order chi connectivity index (χ1) is 7.09. The van der Waals surface area contributed by atoms with E-state index >= 15 is 0 Å². The van der Waals surface area contributed by atoms with Crippen molar-refractivity contribution < 1.29 is 9.59 Å². The first-order valence-corrected chi connectivity index (χ1v) is 4.38. The molecule has 0 aliphatic carbocycles. The fourth-order valence-corrected chi connectivity index (χ4v) is 1.03. The molecule has 0 saturated carbocycles. The van der Waals surface area contributed by atoms with Crippen molar-refractivity contribution in [3.63, 3.8) is 0 Å². The summed E-state index contributed by atoms with van der Waals surface area (Å²) < 4.78 is 0. The number of aromatic amines is 1. The zero-order valence-corrected chi connectivity index (χ0v) is 8.06. The molecule has 0 aromatic carbocycles. The highest BCUT2D eigenvalue weighted by molar-refractivity contribution is 5.86. The van der Waals surface area contributed by atoms with E-state index in [0.717, 1.165) is 5.69 Å². The molecule has 82 valence electrons. The number of nitrogens with zero attached hydrogens (tertiary/aromatic N) is 1. The van der Waals surface area contributed by atoms with E-state index in [1.54, 1.807) is 6.20 Å². The quantitative estimate of drug-likeness (QED) is 0.444. The second-order valence-corrected chi connectivity index (χ2v) is 3.07. The summed E-state index contributed by atoms with van der Waals surface area (Å²) in [6.45, 7) is -0.199. The molecule has 1 aromatic heterocycles. The summed E-state index contributed by atoms with van der Waals surface area (Å²) in [7, 11) is 0. The number of hydrogen-bond acceptors (Lipinski definition) is 4. The van der Waals surface area contributed by atoms with Crippen molar-refractivity contribution >= 4 is 11.8 Å². The van der Waals surface area contributed by atoms with E-state index in [9.17, 15) is 9.59 Å². The fourth-order valence-electron chi connectivity index (χ4n) is 1.03. The van der Waals surface area contributed by atoms with Crippen molar-refractivity contribution in [3.05, 3.63) is 18.2 Å². The number of carbonyl (C=O) groups is 2. The SMILES string of the molecule is NC(=O)CNC(=O)[C@@H](N)Cc1cnc[nH]1. The van der Waals surface area contributed by atoms with Crippen LogP contribution in [0.2, 0.25) is 0 Å². The number of aromatic nitrogens is 2. The van der Waals surface area contributed by atoms with Gasteiger partial charge in [-0.2, -0.15) is 0 Å². The molecule has 0 unspecified atom stereocenters. The molecule has 0 fully saturated rings. The van der Waals surface area contributed by atoms with Crippen LogP contribution in [0.4, 0.5) is 0 Å². The highest BCUT2D eigenvalue weighted by Crippen LogP contribution is 1.95. The van der Waals surface area contributed by atoms with Crippen LogP contribution in [0.5, 0.6) is 0 Å². The van der Waals surface area contributed by atoms with Gasteiger partial charge in [0.2, 0.25) is 11.8 Å². The van der Waals surface area contributed by atoms with Crippen LogP contribution in [-0.4, -0.2) is 34.4 Å². The zero-order chi connectivity index (χ0) is 11.3. The van der Waals surface area contributed by atoms with Gasteiger partial charge < -0.3 is 21.8 Å². The number of H-pyrrole nitrogens is 1. The van der Waals surface area contributed by atoms with Crippen molar-refractivity contribution in [1.82, 2.24) is 15.3 Å². The van der Waals surface area contributed by atoms with E-state index < -0.39 is 17.9 Å². The standard InChI is InChI=1S/C8H13N5O2/c9-6(1-5-2-11-4-13-5)8(15)12-3-7(10)14/h2,4,6H,1,3,9H2,(H2,10,14)(H,11,13)(H,12,15)/t6-/m0/s1. The minimum absolute atomic E-state index is 0.199. The van der Waals surface area contributed by atoms with Gasteiger partial charge >= 0.3 is 0 Å². The summed E-state index contributed by atoms with van der Waals surface area (Å²) in [5.74, 6) is -1.01. The van der Waals surface area contributed by atoms with E-state index in [1.807, 2.05) is 0 Å². The lowest BCUT2D eigenvalue weighted by molar-refractivity contribution is -0.125. The molecule has 0 radical (unpaired) electrons. The molecule has 1 heterocycles. The van der Waals surface area contributed by atoms with Gasteiger partial charge in [-0.05, 0) is 0 Å². The van der Waals surface area contributed by atoms with Gasteiger partial charge in [0.05, 0.1) is 18.9 Å². The van der Waals surface area contributed by atoms with E-state index in [1.165, 1.54) is 6.33 Å². The van der Waals surface area contributed by atoms with Gasteiger partial charge in [0.25, 0.3) is 0 Å². The van der Waals surface area contributed by atoms with Gasteiger partial charge in [-0.1, -0.05) is 0 Å². The van der Waals surface area contributed by atoms with Gasteiger partial charge in [0.15, 0.2) is 0 Å².